The molecule has 3 N–H and O–H groups in total. The molecular formula is C9H13FN2O4S2. The smallest absolute Gasteiger partial charge is 0.242 e. The highest BCUT2D eigenvalue weighted by Gasteiger charge is 2.18. The summed E-state index contributed by atoms with van der Waals surface area (Å²) in [5, 5.41) is 0. The Labute approximate surface area is 105 Å². The summed E-state index contributed by atoms with van der Waals surface area (Å²) >= 11 is 0. The van der Waals surface area contributed by atoms with Crippen molar-refractivity contribution in [1.82, 2.24) is 4.72 Å². The predicted molar refractivity (Wildman–Crippen MR) is 65.7 cm³/mol. The molecule has 0 radical (unpaired) electrons. The van der Waals surface area contributed by atoms with Gasteiger partial charge in [-0.1, -0.05) is 0 Å². The second-order valence-corrected chi connectivity index (χ2v) is 7.70. The van der Waals surface area contributed by atoms with Gasteiger partial charge in [0.15, 0.2) is 0 Å². The van der Waals surface area contributed by atoms with Gasteiger partial charge in [-0.25, -0.2) is 25.9 Å². The number of hydrogen-bond donors (Lipinski definition) is 2. The lowest BCUT2D eigenvalue weighted by Crippen LogP contribution is -2.29. The van der Waals surface area contributed by atoms with E-state index >= 15 is 0 Å². The Morgan fingerprint density at radius 1 is 1.28 bits per heavy atom. The number of rotatable bonds is 5. The summed E-state index contributed by atoms with van der Waals surface area (Å²) < 4.78 is 60.2. The van der Waals surface area contributed by atoms with Crippen LogP contribution in [0.4, 0.5) is 10.1 Å². The lowest BCUT2D eigenvalue weighted by atomic mass is 10.3. The van der Waals surface area contributed by atoms with Gasteiger partial charge in [-0.2, -0.15) is 0 Å². The summed E-state index contributed by atoms with van der Waals surface area (Å²) in [6, 6.07) is 2.93. The van der Waals surface area contributed by atoms with Crippen molar-refractivity contribution in [2.75, 3.05) is 24.3 Å². The fraction of sp³-hybridized carbons (Fsp3) is 0.333. The predicted octanol–water partition coefficient (Wildman–Crippen LogP) is -0.269. The third kappa shape index (κ3) is 4.24. The lowest BCUT2D eigenvalue weighted by molar-refractivity contribution is 0.578. The first-order chi connectivity index (χ1) is 8.12. The van der Waals surface area contributed by atoms with Gasteiger partial charge in [0.25, 0.3) is 0 Å². The standard InChI is InChI=1S/C9H13FN2O4S2/c1-17(13,14)5-4-12-18(15,16)9-6-7(10)2-3-8(9)11/h2-3,6,12H,4-5,11H2,1H3. The number of nitrogen functional groups attached to an aromatic ring is 1. The molecule has 0 aliphatic heterocycles. The molecule has 18 heavy (non-hydrogen) atoms. The third-order valence-electron chi connectivity index (χ3n) is 2.03. The zero-order valence-corrected chi connectivity index (χ0v) is 11.2. The zero-order chi connectivity index (χ0) is 14.0. The van der Waals surface area contributed by atoms with Crippen molar-refractivity contribution >= 4 is 25.5 Å². The average Bonchev–Trinajstić information content (AvgIpc) is 2.19. The van der Waals surface area contributed by atoms with Crippen molar-refractivity contribution < 1.29 is 21.2 Å². The van der Waals surface area contributed by atoms with Crippen molar-refractivity contribution in [2.45, 2.75) is 4.90 Å². The van der Waals surface area contributed by atoms with E-state index in [1.54, 1.807) is 0 Å². The van der Waals surface area contributed by atoms with Gasteiger partial charge in [0.05, 0.1) is 11.4 Å². The highest BCUT2D eigenvalue weighted by Crippen LogP contribution is 2.18. The normalized spacial score (nSPS) is 12.6. The van der Waals surface area contributed by atoms with Gasteiger partial charge in [0.2, 0.25) is 10.0 Å². The van der Waals surface area contributed by atoms with Gasteiger partial charge >= 0.3 is 0 Å². The molecule has 9 heteroatoms. The molecule has 0 heterocycles. The third-order valence-corrected chi connectivity index (χ3v) is 4.49. The van der Waals surface area contributed by atoms with Crippen LogP contribution >= 0.6 is 0 Å². The maximum Gasteiger partial charge on any atom is 0.242 e. The first-order valence-electron chi connectivity index (χ1n) is 4.84. The largest absolute Gasteiger partial charge is 0.398 e. The molecule has 0 aromatic heterocycles. The summed E-state index contributed by atoms with van der Waals surface area (Å²) in [7, 11) is -7.29. The molecule has 0 unspecified atom stereocenters. The van der Waals surface area contributed by atoms with Crippen molar-refractivity contribution in [2.24, 2.45) is 0 Å². The van der Waals surface area contributed by atoms with E-state index < -0.39 is 30.6 Å². The van der Waals surface area contributed by atoms with E-state index in [9.17, 15) is 21.2 Å². The first kappa shape index (κ1) is 14.9. The maximum atomic E-state index is 12.9. The Morgan fingerprint density at radius 3 is 2.44 bits per heavy atom. The molecule has 0 saturated carbocycles. The highest BCUT2D eigenvalue weighted by molar-refractivity contribution is 7.91. The van der Waals surface area contributed by atoms with E-state index in [0.29, 0.717) is 0 Å². The fourth-order valence-corrected chi connectivity index (χ4v) is 2.95. The van der Waals surface area contributed by atoms with Crippen LogP contribution in [0.2, 0.25) is 0 Å². The van der Waals surface area contributed by atoms with E-state index in [1.165, 1.54) is 0 Å². The summed E-state index contributed by atoms with van der Waals surface area (Å²) in [6.07, 6.45) is 0.984. The van der Waals surface area contributed by atoms with Crippen LogP contribution in [0.1, 0.15) is 0 Å². The van der Waals surface area contributed by atoms with E-state index in [0.717, 1.165) is 24.5 Å². The Balaban J connectivity index is 2.90. The molecule has 1 aromatic rings. The minimum atomic E-state index is -4.02. The average molecular weight is 296 g/mol. The summed E-state index contributed by atoms with van der Waals surface area (Å²) in [6.45, 7) is -0.295. The van der Waals surface area contributed by atoms with Crippen LogP contribution < -0.4 is 10.5 Å². The Morgan fingerprint density at radius 2 is 1.89 bits per heavy atom. The molecule has 0 aliphatic carbocycles. The van der Waals surface area contributed by atoms with Crippen LogP contribution in [0.25, 0.3) is 0 Å². The molecule has 6 nitrogen and oxygen atoms in total. The number of nitrogens with two attached hydrogens (primary N) is 1. The second-order valence-electron chi connectivity index (χ2n) is 3.71. The second kappa shape index (κ2) is 5.21. The van der Waals surface area contributed by atoms with Crippen molar-refractivity contribution in [3.05, 3.63) is 24.0 Å². The summed E-state index contributed by atoms with van der Waals surface area (Å²) in [5.41, 5.74) is 5.32. The minimum Gasteiger partial charge on any atom is -0.398 e. The number of sulfone groups is 1. The van der Waals surface area contributed by atoms with Gasteiger partial charge in [-0.15, -0.1) is 0 Å². The van der Waals surface area contributed by atoms with E-state index in [4.69, 9.17) is 5.73 Å². The topological polar surface area (TPSA) is 106 Å². The van der Waals surface area contributed by atoms with Gasteiger partial charge in [0.1, 0.15) is 20.5 Å². The van der Waals surface area contributed by atoms with Gasteiger partial charge in [-0.3, -0.25) is 0 Å². The number of nitrogens with one attached hydrogen (secondary N) is 1. The van der Waals surface area contributed by atoms with Crippen LogP contribution in [-0.4, -0.2) is 35.4 Å². The zero-order valence-electron chi connectivity index (χ0n) is 9.55. The quantitative estimate of drug-likeness (QED) is 0.728. The molecule has 1 aromatic carbocycles. The Bertz CT molecular complexity index is 641. The number of sulfonamides is 1. The Kier molecular flexibility index (Phi) is 4.30. The van der Waals surface area contributed by atoms with Crippen molar-refractivity contribution in [3.8, 4) is 0 Å². The van der Waals surface area contributed by atoms with Crippen molar-refractivity contribution in [3.63, 3.8) is 0 Å². The first-order valence-corrected chi connectivity index (χ1v) is 8.38. The Hall–Kier alpha value is -1.19. The van der Waals surface area contributed by atoms with Crippen LogP contribution in [0.5, 0.6) is 0 Å². The molecule has 0 aliphatic rings. The maximum absolute atomic E-state index is 12.9. The molecule has 0 atom stereocenters. The molecule has 102 valence electrons. The SMILES string of the molecule is CS(=O)(=O)CCNS(=O)(=O)c1cc(F)ccc1N. The van der Waals surface area contributed by atoms with Gasteiger partial charge < -0.3 is 5.73 Å². The fourth-order valence-electron chi connectivity index (χ4n) is 1.18. The van der Waals surface area contributed by atoms with Crippen LogP contribution in [0, 0.1) is 5.82 Å². The van der Waals surface area contributed by atoms with E-state index in [-0.39, 0.29) is 18.0 Å². The molecule has 1 rings (SSSR count). The molecule has 0 spiro atoms. The van der Waals surface area contributed by atoms with Gasteiger partial charge in [0, 0.05) is 12.8 Å². The highest BCUT2D eigenvalue weighted by atomic mass is 32.2. The summed E-state index contributed by atoms with van der Waals surface area (Å²) in [4.78, 5) is -0.406. The monoisotopic (exact) mass is 296 g/mol. The molecular weight excluding hydrogens is 283 g/mol. The minimum absolute atomic E-state index is 0.108. The van der Waals surface area contributed by atoms with E-state index in [2.05, 4.69) is 0 Å². The number of hydrogen-bond acceptors (Lipinski definition) is 5. The van der Waals surface area contributed by atoms with E-state index in [1.807, 2.05) is 4.72 Å². The summed E-state index contributed by atoms with van der Waals surface area (Å²) in [5.74, 6) is -1.09. The molecule has 0 saturated heterocycles. The van der Waals surface area contributed by atoms with Crippen LogP contribution in [0.15, 0.2) is 23.1 Å². The lowest BCUT2D eigenvalue weighted by Gasteiger charge is -2.08. The van der Waals surface area contributed by atoms with Crippen molar-refractivity contribution in [1.29, 1.82) is 0 Å². The van der Waals surface area contributed by atoms with Crippen LogP contribution in [0.3, 0.4) is 0 Å². The number of benzene rings is 1. The van der Waals surface area contributed by atoms with Crippen LogP contribution in [-0.2, 0) is 19.9 Å². The number of anilines is 1. The van der Waals surface area contributed by atoms with Gasteiger partial charge in [-0.05, 0) is 18.2 Å². The molecule has 0 fully saturated rings. The molecule has 0 amide bonds. The molecule has 0 bridgehead atoms. The number of halogens is 1.